The highest BCUT2D eigenvalue weighted by Crippen LogP contribution is 2.50. The highest BCUT2D eigenvalue weighted by Gasteiger charge is 2.51. The summed E-state index contributed by atoms with van der Waals surface area (Å²) in [5.41, 5.74) is 1.52. The summed E-state index contributed by atoms with van der Waals surface area (Å²) in [5, 5.41) is 2.96. The second-order valence-electron chi connectivity index (χ2n) is 6.69. The Labute approximate surface area is 157 Å². The van der Waals surface area contributed by atoms with E-state index in [0.717, 1.165) is 24.2 Å². The van der Waals surface area contributed by atoms with E-state index in [1.807, 2.05) is 18.2 Å². The Morgan fingerprint density at radius 3 is 2.41 bits per heavy atom. The SMILES string of the molecule is CCOC(=O)c1ccc(NC(=O)C2(c3ccc4c(c3)OCCO4)CC2)cc1. The molecule has 4 rings (SSSR count). The average molecular weight is 367 g/mol. The first kappa shape index (κ1) is 17.4. The standard InChI is InChI=1S/C21H21NO5/c1-2-25-19(23)14-3-6-16(7-4-14)22-20(24)21(9-10-21)15-5-8-17-18(13-15)27-12-11-26-17/h3-8,13H,2,9-12H2,1H3,(H,22,24). The molecule has 6 nitrogen and oxygen atoms in total. The van der Waals surface area contributed by atoms with Crippen molar-refractivity contribution in [3.8, 4) is 11.5 Å². The van der Waals surface area contributed by atoms with Gasteiger partial charge in [0.15, 0.2) is 11.5 Å². The summed E-state index contributed by atoms with van der Waals surface area (Å²) in [6, 6.07) is 12.4. The van der Waals surface area contributed by atoms with Crippen molar-refractivity contribution >= 4 is 17.6 Å². The number of hydrogen-bond donors (Lipinski definition) is 1. The quantitative estimate of drug-likeness (QED) is 0.821. The predicted molar refractivity (Wildman–Crippen MR) is 99.4 cm³/mol. The van der Waals surface area contributed by atoms with Crippen molar-refractivity contribution in [2.45, 2.75) is 25.2 Å². The molecule has 0 saturated heterocycles. The van der Waals surface area contributed by atoms with Crippen molar-refractivity contribution in [3.63, 3.8) is 0 Å². The second-order valence-corrected chi connectivity index (χ2v) is 6.69. The van der Waals surface area contributed by atoms with Crippen LogP contribution in [0.4, 0.5) is 5.69 Å². The zero-order valence-electron chi connectivity index (χ0n) is 15.1. The summed E-state index contributed by atoms with van der Waals surface area (Å²) in [6.07, 6.45) is 1.58. The van der Waals surface area contributed by atoms with E-state index in [0.29, 0.717) is 36.8 Å². The van der Waals surface area contributed by atoms with Gasteiger partial charge in [-0.3, -0.25) is 4.79 Å². The molecule has 0 bridgehead atoms. The Balaban J connectivity index is 1.49. The fourth-order valence-corrected chi connectivity index (χ4v) is 3.27. The van der Waals surface area contributed by atoms with Gasteiger partial charge < -0.3 is 19.5 Å². The molecule has 1 aliphatic carbocycles. The zero-order valence-corrected chi connectivity index (χ0v) is 15.1. The van der Waals surface area contributed by atoms with Crippen LogP contribution in [0.2, 0.25) is 0 Å². The van der Waals surface area contributed by atoms with Gasteiger partial charge in [0.1, 0.15) is 13.2 Å². The fourth-order valence-electron chi connectivity index (χ4n) is 3.27. The first-order valence-electron chi connectivity index (χ1n) is 9.11. The smallest absolute Gasteiger partial charge is 0.338 e. The molecule has 2 aromatic rings. The van der Waals surface area contributed by atoms with Gasteiger partial charge in [-0.1, -0.05) is 6.07 Å². The number of anilines is 1. The van der Waals surface area contributed by atoms with Crippen LogP contribution in [0.1, 0.15) is 35.7 Å². The molecule has 1 amide bonds. The third-order valence-corrected chi connectivity index (χ3v) is 4.93. The van der Waals surface area contributed by atoms with Crippen LogP contribution in [0.5, 0.6) is 11.5 Å². The molecule has 1 saturated carbocycles. The zero-order chi connectivity index (χ0) is 18.9. The van der Waals surface area contributed by atoms with Crippen molar-refractivity contribution in [3.05, 3.63) is 53.6 Å². The van der Waals surface area contributed by atoms with Crippen molar-refractivity contribution in [2.75, 3.05) is 25.1 Å². The molecule has 6 heteroatoms. The number of benzene rings is 2. The van der Waals surface area contributed by atoms with Crippen molar-refractivity contribution in [1.29, 1.82) is 0 Å². The maximum absolute atomic E-state index is 12.9. The van der Waals surface area contributed by atoms with Crippen molar-refractivity contribution in [1.82, 2.24) is 0 Å². The molecule has 1 aliphatic heterocycles. The third-order valence-electron chi connectivity index (χ3n) is 4.93. The lowest BCUT2D eigenvalue weighted by Crippen LogP contribution is -2.28. The van der Waals surface area contributed by atoms with Crippen LogP contribution in [-0.2, 0) is 14.9 Å². The van der Waals surface area contributed by atoms with Crippen molar-refractivity contribution < 1.29 is 23.8 Å². The third kappa shape index (κ3) is 3.35. The Kier molecular flexibility index (Phi) is 4.48. The molecular weight excluding hydrogens is 346 g/mol. The molecule has 2 aromatic carbocycles. The number of fused-ring (bicyclic) bond motifs is 1. The number of amides is 1. The molecule has 1 N–H and O–H groups in total. The summed E-state index contributed by atoms with van der Waals surface area (Å²) < 4.78 is 16.2. The van der Waals surface area contributed by atoms with Gasteiger partial charge in [-0.05, 0) is 61.7 Å². The molecule has 0 radical (unpaired) electrons. The van der Waals surface area contributed by atoms with E-state index in [4.69, 9.17) is 14.2 Å². The molecule has 0 unspecified atom stereocenters. The normalized spacial score (nSPS) is 16.3. The van der Waals surface area contributed by atoms with Crippen LogP contribution < -0.4 is 14.8 Å². The fraction of sp³-hybridized carbons (Fsp3) is 0.333. The predicted octanol–water partition coefficient (Wildman–Crippen LogP) is 3.30. The average Bonchev–Trinajstić information content (AvgIpc) is 3.50. The maximum atomic E-state index is 12.9. The highest BCUT2D eigenvalue weighted by molar-refractivity contribution is 6.01. The lowest BCUT2D eigenvalue weighted by molar-refractivity contribution is -0.118. The molecule has 1 heterocycles. The minimum Gasteiger partial charge on any atom is -0.486 e. The minimum absolute atomic E-state index is 0.0527. The molecule has 2 aliphatic rings. The van der Waals surface area contributed by atoms with Gasteiger partial charge in [-0.25, -0.2) is 4.79 Å². The van der Waals surface area contributed by atoms with E-state index in [9.17, 15) is 9.59 Å². The Bertz CT molecular complexity index is 871. The van der Waals surface area contributed by atoms with Gasteiger partial charge >= 0.3 is 5.97 Å². The van der Waals surface area contributed by atoms with Crippen LogP contribution in [0.15, 0.2) is 42.5 Å². The van der Waals surface area contributed by atoms with E-state index in [1.54, 1.807) is 31.2 Å². The number of esters is 1. The summed E-state index contributed by atoms with van der Waals surface area (Å²) in [5.74, 6) is 0.987. The summed E-state index contributed by atoms with van der Waals surface area (Å²) >= 11 is 0. The minimum atomic E-state index is -0.532. The van der Waals surface area contributed by atoms with E-state index in [1.165, 1.54) is 0 Å². The monoisotopic (exact) mass is 367 g/mol. The van der Waals surface area contributed by atoms with Gasteiger partial charge in [0.2, 0.25) is 5.91 Å². The van der Waals surface area contributed by atoms with Crippen molar-refractivity contribution in [2.24, 2.45) is 0 Å². The summed E-state index contributed by atoms with van der Waals surface area (Å²) in [4.78, 5) is 24.6. The molecule has 0 aromatic heterocycles. The lowest BCUT2D eigenvalue weighted by Gasteiger charge is -2.21. The first-order chi connectivity index (χ1) is 13.1. The number of hydrogen-bond acceptors (Lipinski definition) is 5. The second kappa shape index (κ2) is 6.95. The van der Waals surface area contributed by atoms with Gasteiger partial charge in [-0.15, -0.1) is 0 Å². The number of carbonyl (C=O) groups is 2. The Hall–Kier alpha value is -3.02. The molecule has 0 spiro atoms. The van der Waals surface area contributed by atoms with Crippen LogP contribution >= 0.6 is 0 Å². The molecule has 27 heavy (non-hydrogen) atoms. The van der Waals surface area contributed by atoms with E-state index in [2.05, 4.69) is 5.32 Å². The van der Waals surface area contributed by atoms with E-state index in [-0.39, 0.29) is 11.9 Å². The largest absolute Gasteiger partial charge is 0.486 e. The van der Waals surface area contributed by atoms with Gasteiger partial charge in [-0.2, -0.15) is 0 Å². The number of ether oxygens (including phenoxy) is 3. The van der Waals surface area contributed by atoms with Gasteiger partial charge in [0, 0.05) is 5.69 Å². The van der Waals surface area contributed by atoms with E-state index >= 15 is 0 Å². The Morgan fingerprint density at radius 2 is 1.74 bits per heavy atom. The summed E-state index contributed by atoms with van der Waals surface area (Å²) in [7, 11) is 0. The topological polar surface area (TPSA) is 73.9 Å². The van der Waals surface area contributed by atoms with Crippen LogP contribution in [-0.4, -0.2) is 31.7 Å². The van der Waals surface area contributed by atoms with E-state index < -0.39 is 5.41 Å². The number of nitrogens with one attached hydrogen (secondary N) is 1. The first-order valence-corrected chi connectivity index (χ1v) is 9.11. The van der Waals surface area contributed by atoms with Gasteiger partial charge in [0.05, 0.1) is 17.6 Å². The van der Waals surface area contributed by atoms with Gasteiger partial charge in [0.25, 0.3) is 0 Å². The molecular formula is C21H21NO5. The Morgan fingerprint density at radius 1 is 1.04 bits per heavy atom. The molecule has 1 fully saturated rings. The van der Waals surface area contributed by atoms with Crippen LogP contribution in [0.3, 0.4) is 0 Å². The molecule has 140 valence electrons. The number of carbonyl (C=O) groups excluding carboxylic acids is 2. The van der Waals surface area contributed by atoms with Crippen LogP contribution in [0, 0.1) is 0 Å². The number of rotatable bonds is 5. The molecule has 0 atom stereocenters. The lowest BCUT2D eigenvalue weighted by atomic mass is 9.94. The maximum Gasteiger partial charge on any atom is 0.338 e. The summed E-state index contributed by atoms with van der Waals surface area (Å²) in [6.45, 7) is 3.15. The van der Waals surface area contributed by atoms with Crippen LogP contribution in [0.25, 0.3) is 0 Å². The highest BCUT2D eigenvalue weighted by atomic mass is 16.6.